The van der Waals surface area contributed by atoms with E-state index in [1.54, 1.807) is 24.4 Å². The molecule has 0 N–H and O–H groups in total. The van der Waals surface area contributed by atoms with Gasteiger partial charge in [-0.15, -0.1) is 0 Å². The lowest BCUT2D eigenvalue weighted by molar-refractivity contribution is 0.0984. The number of anilines is 1. The summed E-state index contributed by atoms with van der Waals surface area (Å²) in [4.78, 5) is 18.4. The Morgan fingerprint density at radius 2 is 1.95 bits per heavy atom. The summed E-state index contributed by atoms with van der Waals surface area (Å²) in [6, 6.07) is 12.9. The molecular formula is C17H13FN2O2. The normalized spacial score (nSPS) is 10.4. The van der Waals surface area contributed by atoms with E-state index in [1.807, 2.05) is 18.2 Å². The van der Waals surface area contributed by atoms with Crippen LogP contribution in [-0.4, -0.2) is 10.9 Å². The zero-order valence-electron chi connectivity index (χ0n) is 11.6. The monoisotopic (exact) mass is 296 g/mol. The van der Waals surface area contributed by atoms with Gasteiger partial charge in [-0.1, -0.05) is 6.07 Å². The Labute approximate surface area is 126 Å². The number of hydrogen-bond donors (Lipinski definition) is 0. The lowest BCUT2D eigenvalue weighted by Gasteiger charge is -2.22. The quantitative estimate of drug-likeness (QED) is 0.738. The van der Waals surface area contributed by atoms with Gasteiger partial charge in [0.15, 0.2) is 0 Å². The molecule has 3 rings (SSSR count). The SMILES string of the molecule is O=C(c1ccoc1)N(Cc1ccccn1)c1ccc(F)cc1. The van der Waals surface area contributed by atoms with Gasteiger partial charge in [0.05, 0.1) is 24.1 Å². The molecule has 0 aliphatic heterocycles. The van der Waals surface area contributed by atoms with E-state index in [2.05, 4.69) is 4.98 Å². The van der Waals surface area contributed by atoms with Crippen LogP contribution in [0.5, 0.6) is 0 Å². The van der Waals surface area contributed by atoms with Gasteiger partial charge in [0, 0.05) is 11.9 Å². The largest absolute Gasteiger partial charge is 0.472 e. The molecule has 4 nitrogen and oxygen atoms in total. The molecular weight excluding hydrogens is 283 g/mol. The van der Waals surface area contributed by atoms with E-state index in [0.717, 1.165) is 5.69 Å². The highest BCUT2D eigenvalue weighted by atomic mass is 19.1. The Balaban J connectivity index is 1.94. The Morgan fingerprint density at radius 3 is 2.59 bits per heavy atom. The van der Waals surface area contributed by atoms with E-state index in [4.69, 9.17) is 4.42 Å². The summed E-state index contributed by atoms with van der Waals surface area (Å²) in [5.74, 6) is -0.580. The Kier molecular flexibility index (Phi) is 3.96. The van der Waals surface area contributed by atoms with Crippen molar-refractivity contribution in [2.24, 2.45) is 0 Å². The standard InChI is InChI=1S/C17H13FN2O2/c18-14-4-6-16(7-5-14)20(11-15-3-1-2-9-19-15)17(21)13-8-10-22-12-13/h1-10,12H,11H2. The van der Waals surface area contributed by atoms with Crippen molar-refractivity contribution in [3.05, 3.63) is 84.3 Å². The summed E-state index contributed by atoms with van der Waals surface area (Å²) in [5, 5.41) is 0. The lowest BCUT2D eigenvalue weighted by Crippen LogP contribution is -2.30. The molecule has 5 heteroatoms. The molecule has 1 amide bonds. The highest BCUT2D eigenvalue weighted by molar-refractivity contribution is 6.05. The predicted molar refractivity (Wildman–Crippen MR) is 79.9 cm³/mol. The van der Waals surface area contributed by atoms with Gasteiger partial charge in [0.1, 0.15) is 12.1 Å². The highest BCUT2D eigenvalue weighted by Crippen LogP contribution is 2.20. The predicted octanol–water partition coefficient (Wildman–Crippen LogP) is 3.66. The Hall–Kier alpha value is -2.95. The number of amides is 1. The molecule has 0 radical (unpaired) electrons. The number of carbonyl (C=O) groups excluding carboxylic acids is 1. The summed E-state index contributed by atoms with van der Waals surface area (Å²) in [5.41, 5.74) is 1.77. The minimum atomic E-state index is -0.350. The third-order valence-corrected chi connectivity index (χ3v) is 3.20. The molecule has 2 heterocycles. The van der Waals surface area contributed by atoms with Crippen LogP contribution < -0.4 is 4.90 Å². The van der Waals surface area contributed by atoms with Gasteiger partial charge < -0.3 is 9.32 Å². The van der Waals surface area contributed by atoms with Crippen LogP contribution in [0.25, 0.3) is 0 Å². The van der Waals surface area contributed by atoms with Gasteiger partial charge >= 0.3 is 0 Å². The number of halogens is 1. The van der Waals surface area contributed by atoms with Crippen LogP contribution in [0.2, 0.25) is 0 Å². The van der Waals surface area contributed by atoms with Gasteiger partial charge in [-0.25, -0.2) is 4.39 Å². The van der Waals surface area contributed by atoms with Crippen LogP contribution in [0.1, 0.15) is 16.1 Å². The van der Waals surface area contributed by atoms with Crippen LogP contribution in [0.15, 0.2) is 71.7 Å². The number of aromatic nitrogens is 1. The fraction of sp³-hybridized carbons (Fsp3) is 0.0588. The number of nitrogens with zero attached hydrogens (tertiary/aromatic N) is 2. The number of rotatable bonds is 4. The topological polar surface area (TPSA) is 46.3 Å². The molecule has 2 aromatic heterocycles. The van der Waals surface area contributed by atoms with Crippen LogP contribution in [0.4, 0.5) is 10.1 Å². The van der Waals surface area contributed by atoms with Crippen LogP contribution in [-0.2, 0) is 6.54 Å². The summed E-state index contributed by atoms with van der Waals surface area (Å²) in [6.45, 7) is 0.288. The fourth-order valence-electron chi connectivity index (χ4n) is 2.10. The summed E-state index contributed by atoms with van der Waals surface area (Å²) in [7, 11) is 0. The maximum Gasteiger partial charge on any atom is 0.261 e. The van der Waals surface area contributed by atoms with E-state index in [0.29, 0.717) is 11.3 Å². The van der Waals surface area contributed by atoms with Gasteiger partial charge in [-0.05, 0) is 42.5 Å². The molecule has 1 aromatic carbocycles. The molecule has 0 atom stereocenters. The van der Waals surface area contributed by atoms with E-state index in [1.165, 1.54) is 29.6 Å². The van der Waals surface area contributed by atoms with Gasteiger partial charge in [-0.2, -0.15) is 0 Å². The van der Waals surface area contributed by atoms with E-state index in [-0.39, 0.29) is 18.3 Å². The minimum absolute atomic E-state index is 0.231. The zero-order valence-corrected chi connectivity index (χ0v) is 11.6. The van der Waals surface area contributed by atoms with E-state index < -0.39 is 0 Å². The van der Waals surface area contributed by atoms with Crippen LogP contribution >= 0.6 is 0 Å². The van der Waals surface area contributed by atoms with Crippen LogP contribution in [0.3, 0.4) is 0 Å². The second kappa shape index (κ2) is 6.22. The molecule has 0 unspecified atom stereocenters. The molecule has 0 aliphatic rings. The fourth-order valence-corrected chi connectivity index (χ4v) is 2.10. The van der Waals surface area contributed by atoms with Crippen molar-refractivity contribution in [2.45, 2.75) is 6.54 Å². The van der Waals surface area contributed by atoms with Crippen molar-refractivity contribution in [3.63, 3.8) is 0 Å². The third kappa shape index (κ3) is 3.03. The molecule has 110 valence electrons. The maximum atomic E-state index is 13.1. The van der Waals surface area contributed by atoms with Crippen molar-refractivity contribution in [3.8, 4) is 0 Å². The number of furan rings is 1. The van der Waals surface area contributed by atoms with Crippen molar-refractivity contribution in [2.75, 3.05) is 4.90 Å². The Morgan fingerprint density at radius 1 is 1.14 bits per heavy atom. The van der Waals surface area contributed by atoms with Gasteiger partial charge in [0.25, 0.3) is 5.91 Å². The average Bonchev–Trinajstić information content (AvgIpc) is 3.08. The molecule has 0 saturated heterocycles. The smallest absolute Gasteiger partial charge is 0.261 e. The molecule has 0 aliphatic carbocycles. The lowest BCUT2D eigenvalue weighted by atomic mass is 10.2. The molecule has 0 fully saturated rings. The van der Waals surface area contributed by atoms with Crippen molar-refractivity contribution < 1.29 is 13.6 Å². The first-order chi connectivity index (χ1) is 10.7. The molecule has 3 aromatic rings. The first-order valence-electron chi connectivity index (χ1n) is 6.73. The maximum absolute atomic E-state index is 13.1. The molecule has 0 saturated carbocycles. The average molecular weight is 296 g/mol. The third-order valence-electron chi connectivity index (χ3n) is 3.20. The number of carbonyl (C=O) groups is 1. The number of hydrogen-bond acceptors (Lipinski definition) is 3. The number of pyridine rings is 1. The first kappa shape index (κ1) is 14.0. The second-order valence-corrected chi connectivity index (χ2v) is 4.70. The van der Waals surface area contributed by atoms with Crippen LogP contribution in [0, 0.1) is 5.82 Å². The van der Waals surface area contributed by atoms with Crippen molar-refractivity contribution in [1.29, 1.82) is 0 Å². The zero-order chi connectivity index (χ0) is 15.4. The summed E-state index contributed by atoms with van der Waals surface area (Å²) < 4.78 is 18.1. The number of benzene rings is 1. The minimum Gasteiger partial charge on any atom is -0.472 e. The van der Waals surface area contributed by atoms with E-state index >= 15 is 0 Å². The second-order valence-electron chi connectivity index (χ2n) is 4.70. The summed E-state index contributed by atoms with van der Waals surface area (Å²) >= 11 is 0. The van der Waals surface area contributed by atoms with Crippen molar-refractivity contribution in [1.82, 2.24) is 4.98 Å². The first-order valence-corrected chi connectivity index (χ1v) is 6.73. The molecule has 0 bridgehead atoms. The molecule has 0 spiro atoms. The highest BCUT2D eigenvalue weighted by Gasteiger charge is 2.19. The van der Waals surface area contributed by atoms with E-state index in [9.17, 15) is 9.18 Å². The Bertz CT molecular complexity index is 740. The van der Waals surface area contributed by atoms with Gasteiger partial charge in [-0.3, -0.25) is 9.78 Å². The summed E-state index contributed by atoms with van der Waals surface area (Å²) in [6.07, 6.45) is 4.49. The molecule has 22 heavy (non-hydrogen) atoms. The van der Waals surface area contributed by atoms with Crippen molar-refractivity contribution >= 4 is 11.6 Å². The van der Waals surface area contributed by atoms with Gasteiger partial charge in [0.2, 0.25) is 0 Å².